The van der Waals surface area contributed by atoms with Crippen molar-refractivity contribution in [2.45, 2.75) is 39.2 Å². The average Bonchev–Trinajstić information content (AvgIpc) is 2.88. The number of fused-ring (bicyclic) bond motifs is 3. The first kappa shape index (κ1) is 26.1. The Bertz CT molecular complexity index is 1120. The molecule has 2 aromatic rings. The second-order valence-electron chi connectivity index (χ2n) is 8.05. The van der Waals surface area contributed by atoms with E-state index in [0.29, 0.717) is 58.5 Å². The van der Waals surface area contributed by atoms with Gasteiger partial charge in [0.25, 0.3) is 0 Å². The summed E-state index contributed by atoms with van der Waals surface area (Å²) < 4.78 is 40.4. The summed E-state index contributed by atoms with van der Waals surface area (Å²) in [6.07, 6.45) is 3.24. The number of methoxy groups -OCH3 is 6. The molecule has 2 aromatic carbocycles. The van der Waals surface area contributed by atoms with Gasteiger partial charge < -0.3 is 33.2 Å². The zero-order valence-electron chi connectivity index (χ0n) is 21.7. The van der Waals surface area contributed by atoms with Crippen LogP contribution in [-0.2, 0) is 16.0 Å². The van der Waals surface area contributed by atoms with Crippen LogP contribution in [0, 0.1) is 0 Å². The van der Waals surface area contributed by atoms with Gasteiger partial charge in [-0.3, -0.25) is 0 Å². The number of hydrogen-bond acceptors (Lipinski definition) is 8. The van der Waals surface area contributed by atoms with Gasteiger partial charge in [-0.05, 0) is 50.8 Å². The minimum absolute atomic E-state index is 0.378. The monoisotopic (exact) mass is 486 g/mol. The van der Waals surface area contributed by atoms with E-state index in [1.807, 2.05) is 12.1 Å². The van der Waals surface area contributed by atoms with Gasteiger partial charge in [0.2, 0.25) is 11.5 Å². The summed E-state index contributed by atoms with van der Waals surface area (Å²) in [5.74, 6) is 2.47. The lowest BCUT2D eigenvalue weighted by atomic mass is 9.84. The summed E-state index contributed by atoms with van der Waals surface area (Å²) in [7, 11) is 9.40. The van der Waals surface area contributed by atoms with Gasteiger partial charge in [0, 0.05) is 22.3 Å². The van der Waals surface area contributed by atoms with Gasteiger partial charge in [0.05, 0.1) is 42.7 Å². The quantitative estimate of drug-likeness (QED) is 0.368. The molecule has 1 aliphatic rings. The van der Waals surface area contributed by atoms with E-state index in [9.17, 15) is 4.79 Å². The Morgan fingerprint density at radius 2 is 1.34 bits per heavy atom. The number of benzene rings is 2. The third-order valence-electron chi connectivity index (χ3n) is 6.29. The number of ether oxygens (including phenoxy) is 7. The van der Waals surface area contributed by atoms with Crippen LogP contribution in [-0.4, -0.2) is 48.6 Å². The Labute approximate surface area is 206 Å². The van der Waals surface area contributed by atoms with Crippen LogP contribution in [0.3, 0.4) is 0 Å². The smallest absolute Gasteiger partial charge is 0.333 e. The highest BCUT2D eigenvalue weighted by Crippen LogP contribution is 2.56. The lowest BCUT2D eigenvalue weighted by molar-refractivity contribution is -0.145. The zero-order valence-corrected chi connectivity index (χ0v) is 21.7. The van der Waals surface area contributed by atoms with Crippen LogP contribution in [0.2, 0.25) is 0 Å². The summed E-state index contributed by atoms with van der Waals surface area (Å²) in [6.45, 7) is 3.54. The molecule has 0 radical (unpaired) electrons. The third kappa shape index (κ3) is 4.70. The number of hydrogen-bond donors (Lipinski definition) is 0. The molecule has 1 atom stereocenters. The molecule has 0 saturated carbocycles. The highest BCUT2D eigenvalue weighted by Gasteiger charge is 2.34. The Hall–Kier alpha value is -3.55. The predicted octanol–water partition coefficient (Wildman–Crippen LogP) is 5.29. The van der Waals surface area contributed by atoms with E-state index in [1.165, 1.54) is 0 Å². The van der Waals surface area contributed by atoms with E-state index in [2.05, 4.69) is 0 Å². The van der Waals surface area contributed by atoms with Crippen molar-refractivity contribution >= 4 is 5.97 Å². The Morgan fingerprint density at radius 3 is 1.86 bits per heavy atom. The summed E-state index contributed by atoms with van der Waals surface area (Å²) in [5, 5.41) is 0. The van der Waals surface area contributed by atoms with Crippen LogP contribution in [0.1, 0.15) is 43.9 Å². The lowest BCUT2D eigenvalue weighted by Crippen LogP contribution is -2.17. The molecule has 0 heterocycles. The van der Waals surface area contributed by atoms with E-state index in [0.717, 1.165) is 23.1 Å². The molecule has 0 fully saturated rings. The SMILES string of the molecule is C/C=C(/C)C(=O)OC1CCCc2cc(OC)c(OC)c(OC)c2-c2c1cc(OC)c(OC)c2OC. The average molecular weight is 487 g/mol. The maximum atomic E-state index is 12.8. The number of esters is 1. The molecule has 1 aliphatic carbocycles. The highest BCUT2D eigenvalue weighted by molar-refractivity contribution is 5.90. The van der Waals surface area contributed by atoms with E-state index < -0.39 is 6.10 Å². The van der Waals surface area contributed by atoms with Gasteiger partial charge in [-0.1, -0.05) is 6.08 Å². The number of allylic oxidation sites excluding steroid dienone is 1. The van der Waals surface area contributed by atoms with E-state index in [-0.39, 0.29) is 5.97 Å². The molecule has 0 saturated heterocycles. The number of rotatable bonds is 8. The Kier molecular flexibility index (Phi) is 8.38. The van der Waals surface area contributed by atoms with Gasteiger partial charge in [0.15, 0.2) is 23.0 Å². The Morgan fingerprint density at radius 1 is 0.800 bits per heavy atom. The van der Waals surface area contributed by atoms with Crippen LogP contribution in [0.25, 0.3) is 11.1 Å². The standard InChI is InChI=1S/C27H34O8/c1-9-15(2)27(28)35-18-12-10-11-16-13-19(29-3)23(31-5)25(33-7)21(16)22-17(18)14-20(30-4)24(32-6)26(22)34-8/h9,13-14,18H,10-12H2,1-8H3/b15-9-. The summed E-state index contributed by atoms with van der Waals surface area (Å²) in [5.41, 5.74) is 3.70. The van der Waals surface area contributed by atoms with Gasteiger partial charge >= 0.3 is 5.97 Å². The fourth-order valence-electron chi connectivity index (χ4n) is 4.46. The van der Waals surface area contributed by atoms with Crippen LogP contribution >= 0.6 is 0 Å². The van der Waals surface area contributed by atoms with Crippen molar-refractivity contribution in [3.63, 3.8) is 0 Å². The van der Waals surface area contributed by atoms with Gasteiger partial charge in [0.1, 0.15) is 6.10 Å². The van der Waals surface area contributed by atoms with Crippen molar-refractivity contribution in [3.05, 3.63) is 34.9 Å². The largest absolute Gasteiger partial charge is 0.493 e. The molecular weight excluding hydrogens is 452 g/mol. The first-order chi connectivity index (χ1) is 16.9. The van der Waals surface area contributed by atoms with E-state index in [4.69, 9.17) is 33.2 Å². The maximum absolute atomic E-state index is 12.8. The molecule has 35 heavy (non-hydrogen) atoms. The van der Waals surface area contributed by atoms with E-state index in [1.54, 1.807) is 62.6 Å². The topological polar surface area (TPSA) is 81.7 Å². The molecule has 190 valence electrons. The van der Waals surface area contributed by atoms with Gasteiger partial charge in [-0.2, -0.15) is 0 Å². The fourth-order valence-corrected chi connectivity index (χ4v) is 4.46. The predicted molar refractivity (Wildman–Crippen MR) is 132 cm³/mol. The van der Waals surface area contributed by atoms with Crippen molar-refractivity contribution in [2.75, 3.05) is 42.7 Å². The molecule has 8 nitrogen and oxygen atoms in total. The molecule has 8 heteroatoms. The molecule has 0 bridgehead atoms. The first-order valence-electron chi connectivity index (χ1n) is 11.4. The minimum atomic E-state index is -0.549. The van der Waals surface area contributed by atoms with Crippen LogP contribution in [0.15, 0.2) is 23.8 Å². The van der Waals surface area contributed by atoms with Gasteiger partial charge in [-0.15, -0.1) is 0 Å². The molecule has 0 aromatic heterocycles. The molecule has 0 amide bonds. The van der Waals surface area contributed by atoms with Crippen LogP contribution < -0.4 is 28.4 Å². The first-order valence-corrected chi connectivity index (χ1v) is 11.4. The van der Waals surface area contributed by atoms with Crippen molar-refractivity contribution in [2.24, 2.45) is 0 Å². The van der Waals surface area contributed by atoms with Crippen LogP contribution in [0.4, 0.5) is 0 Å². The third-order valence-corrected chi connectivity index (χ3v) is 6.29. The number of carbonyl (C=O) groups excluding carboxylic acids is 1. The normalized spacial score (nSPS) is 15.1. The second-order valence-corrected chi connectivity index (χ2v) is 8.05. The summed E-state index contributed by atoms with van der Waals surface area (Å²) in [6, 6.07) is 3.79. The second kappa shape index (κ2) is 11.3. The minimum Gasteiger partial charge on any atom is -0.493 e. The van der Waals surface area contributed by atoms with E-state index >= 15 is 0 Å². The molecule has 3 rings (SSSR count). The van der Waals surface area contributed by atoms with Crippen molar-refractivity contribution < 1.29 is 38.0 Å². The molecule has 1 unspecified atom stereocenters. The van der Waals surface area contributed by atoms with Gasteiger partial charge in [-0.25, -0.2) is 4.79 Å². The maximum Gasteiger partial charge on any atom is 0.333 e. The fraction of sp³-hybridized carbons (Fsp3) is 0.444. The lowest BCUT2D eigenvalue weighted by Gasteiger charge is -2.30. The molecular formula is C27H34O8. The Balaban J connectivity index is 2.46. The molecule has 0 spiro atoms. The highest BCUT2D eigenvalue weighted by atomic mass is 16.5. The molecule has 0 aliphatic heterocycles. The number of aryl methyl sites for hydroxylation is 1. The van der Waals surface area contributed by atoms with Crippen molar-refractivity contribution in [1.82, 2.24) is 0 Å². The van der Waals surface area contributed by atoms with Crippen molar-refractivity contribution in [1.29, 1.82) is 0 Å². The van der Waals surface area contributed by atoms with Crippen molar-refractivity contribution in [3.8, 4) is 45.6 Å². The molecule has 0 N–H and O–H groups in total. The summed E-state index contributed by atoms with van der Waals surface area (Å²) in [4.78, 5) is 12.8. The number of carbonyl (C=O) groups is 1. The zero-order chi connectivity index (χ0) is 25.7. The van der Waals surface area contributed by atoms with Crippen LogP contribution in [0.5, 0.6) is 34.5 Å². The summed E-state index contributed by atoms with van der Waals surface area (Å²) >= 11 is 0.